The lowest BCUT2D eigenvalue weighted by Gasteiger charge is -2.27. The molecule has 2 aromatic carbocycles. The molecule has 1 fully saturated rings. The molecule has 0 bridgehead atoms. The van der Waals surface area contributed by atoms with E-state index >= 15 is 0 Å². The first kappa shape index (κ1) is 23.6. The molecule has 2 heterocycles. The Kier molecular flexibility index (Phi) is 6.97. The van der Waals surface area contributed by atoms with Crippen LogP contribution in [0.1, 0.15) is 30.6 Å². The highest BCUT2D eigenvalue weighted by Crippen LogP contribution is 2.38. The first-order valence-corrected chi connectivity index (χ1v) is 12.1. The minimum atomic E-state index is -1.02. The second kappa shape index (κ2) is 9.75. The third-order valence-electron chi connectivity index (χ3n) is 5.65. The Morgan fingerprint density at radius 1 is 1.21 bits per heavy atom. The maximum atomic E-state index is 13.6. The van der Waals surface area contributed by atoms with Gasteiger partial charge in [-0.2, -0.15) is 0 Å². The fourth-order valence-electron chi connectivity index (χ4n) is 4.00. The molecule has 1 aliphatic heterocycles. The smallest absolute Gasteiger partial charge is 0.326 e. The molecule has 7 nitrogen and oxygen atoms in total. The Bertz CT molecular complexity index is 1280. The van der Waals surface area contributed by atoms with Crippen LogP contribution < -0.4 is 5.56 Å². The number of likely N-dealkylation sites (tertiary alicyclic amines) is 1. The molecule has 33 heavy (non-hydrogen) atoms. The summed E-state index contributed by atoms with van der Waals surface area (Å²) in [6, 6.07) is 11.3. The Morgan fingerprint density at radius 3 is 2.58 bits per heavy atom. The molecule has 0 radical (unpaired) electrons. The number of aromatic nitrogens is 2. The summed E-state index contributed by atoms with van der Waals surface area (Å²) in [5, 5.41) is 10.0. The number of hydrogen-bond acceptors (Lipinski definition) is 5. The predicted octanol–water partition coefficient (Wildman–Crippen LogP) is 4.63. The molecule has 1 N–H and O–H groups in total. The van der Waals surface area contributed by atoms with E-state index in [1.807, 2.05) is 37.3 Å². The van der Waals surface area contributed by atoms with E-state index in [9.17, 15) is 19.5 Å². The van der Waals surface area contributed by atoms with Gasteiger partial charge < -0.3 is 10.0 Å². The Hall–Kier alpha value is -2.55. The lowest BCUT2D eigenvalue weighted by molar-refractivity contribution is -0.148. The number of hydrogen-bond donors (Lipinski definition) is 1. The van der Waals surface area contributed by atoms with Crippen LogP contribution >= 0.6 is 35.0 Å². The molecular weight excluding hydrogens is 485 g/mol. The van der Waals surface area contributed by atoms with Crippen LogP contribution in [0.2, 0.25) is 10.0 Å². The van der Waals surface area contributed by atoms with E-state index < -0.39 is 17.3 Å². The number of amides is 1. The number of rotatable bonds is 6. The highest BCUT2D eigenvalue weighted by Gasteiger charge is 2.38. The second-order valence-electron chi connectivity index (χ2n) is 7.66. The van der Waals surface area contributed by atoms with Crippen molar-refractivity contribution in [3.63, 3.8) is 0 Å². The molecule has 10 heteroatoms. The van der Waals surface area contributed by atoms with Crippen molar-refractivity contribution in [1.29, 1.82) is 0 Å². The quantitative estimate of drug-likeness (QED) is 0.387. The van der Waals surface area contributed by atoms with Gasteiger partial charge >= 0.3 is 5.97 Å². The minimum absolute atomic E-state index is 0.261. The number of carboxylic acids is 1. The van der Waals surface area contributed by atoms with E-state index in [4.69, 9.17) is 23.2 Å². The molecule has 1 saturated heterocycles. The van der Waals surface area contributed by atoms with E-state index in [-0.39, 0.29) is 21.5 Å². The fraction of sp³-hybridized carbons (Fsp3) is 0.304. The normalized spacial score (nSPS) is 16.8. The van der Waals surface area contributed by atoms with Gasteiger partial charge in [0.2, 0.25) is 5.91 Å². The zero-order chi connectivity index (χ0) is 23.7. The summed E-state index contributed by atoms with van der Waals surface area (Å²) in [5.74, 6) is -1.33. The Morgan fingerprint density at radius 2 is 1.91 bits per heavy atom. The van der Waals surface area contributed by atoms with Crippen LogP contribution in [0.15, 0.2) is 52.4 Å². The van der Waals surface area contributed by atoms with Crippen LogP contribution in [0.25, 0.3) is 10.9 Å². The summed E-state index contributed by atoms with van der Waals surface area (Å²) in [6.45, 7) is 2.53. The molecule has 3 aromatic rings. The highest BCUT2D eigenvalue weighted by molar-refractivity contribution is 8.00. The monoisotopic (exact) mass is 505 g/mol. The maximum absolute atomic E-state index is 13.6. The van der Waals surface area contributed by atoms with E-state index in [2.05, 4.69) is 4.98 Å². The standard InChI is InChI=1S/C23H21Cl2N3O4S/c1-2-27-20(29)14-11-15(24)16(25)12-17(14)26-23(27)33-19(13-7-4-3-5-8-13)21(30)28-10-6-9-18(28)22(31)32/h3-5,7-8,11-12,18-19H,2,6,9-10H2,1H3,(H,31,32)/t18-,19-/m1/s1. The average molecular weight is 506 g/mol. The average Bonchev–Trinajstić information content (AvgIpc) is 3.30. The van der Waals surface area contributed by atoms with E-state index in [0.29, 0.717) is 47.6 Å². The Balaban J connectivity index is 1.81. The van der Waals surface area contributed by atoms with Crippen molar-refractivity contribution in [3.8, 4) is 0 Å². The highest BCUT2D eigenvalue weighted by atomic mass is 35.5. The summed E-state index contributed by atoms with van der Waals surface area (Å²) in [5.41, 5.74) is 0.799. The van der Waals surface area contributed by atoms with Gasteiger partial charge in [-0.1, -0.05) is 65.3 Å². The minimum Gasteiger partial charge on any atom is -0.480 e. The van der Waals surface area contributed by atoms with Crippen LogP contribution in [0, 0.1) is 0 Å². The molecule has 1 amide bonds. The number of carbonyl (C=O) groups is 2. The van der Waals surface area contributed by atoms with Gasteiger partial charge in [0.15, 0.2) is 5.16 Å². The van der Waals surface area contributed by atoms with Gasteiger partial charge in [0.1, 0.15) is 11.3 Å². The molecule has 4 rings (SSSR count). The molecule has 0 unspecified atom stereocenters. The van der Waals surface area contributed by atoms with Crippen molar-refractivity contribution in [3.05, 3.63) is 68.4 Å². The van der Waals surface area contributed by atoms with Crippen molar-refractivity contribution < 1.29 is 14.7 Å². The molecule has 1 aliphatic rings. The van der Waals surface area contributed by atoms with Crippen LogP contribution in [0.3, 0.4) is 0 Å². The summed E-state index contributed by atoms with van der Waals surface area (Å²) in [7, 11) is 0. The number of halogens is 2. The van der Waals surface area contributed by atoms with Gasteiger partial charge in [0.25, 0.3) is 5.56 Å². The summed E-state index contributed by atoms with van der Waals surface area (Å²) in [6.07, 6.45) is 1.04. The molecule has 1 aromatic heterocycles. The van der Waals surface area contributed by atoms with Crippen molar-refractivity contribution in [2.24, 2.45) is 0 Å². The van der Waals surface area contributed by atoms with E-state index in [0.717, 1.165) is 11.8 Å². The number of benzene rings is 2. The fourth-order valence-corrected chi connectivity index (χ4v) is 5.55. The molecule has 2 atom stereocenters. The SMILES string of the molecule is CCn1c(S[C@@H](C(=O)N2CCC[C@@H]2C(=O)O)c2ccccc2)nc2cc(Cl)c(Cl)cc2c1=O. The van der Waals surface area contributed by atoms with Crippen LogP contribution in [0.5, 0.6) is 0 Å². The van der Waals surface area contributed by atoms with Crippen LogP contribution in [0.4, 0.5) is 0 Å². The number of fused-ring (bicyclic) bond motifs is 1. The predicted molar refractivity (Wildman–Crippen MR) is 129 cm³/mol. The first-order chi connectivity index (χ1) is 15.8. The first-order valence-electron chi connectivity index (χ1n) is 10.5. The summed E-state index contributed by atoms with van der Waals surface area (Å²) < 4.78 is 1.49. The summed E-state index contributed by atoms with van der Waals surface area (Å²) in [4.78, 5) is 44.5. The summed E-state index contributed by atoms with van der Waals surface area (Å²) >= 11 is 13.4. The van der Waals surface area contributed by atoms with Crippen molar-refractivity contribution in [1.82, 2.24) is 14.5 Å². The van der Waals surface area contributed by atoms with Gasteiger partial charge in [-0.05, 0) is 37.5 Å². The zero-order valence-electron chi connectivity index (χ0n) is 17.7. The van der Waals surface area contributed by atoms with Crippen molar-refractivity contribution in [2.45, 2.75) is 42.8 Å². The molecule has 0 spiro atoms. The van der Waals surface area contributed by atoms with Gasteiger partial charge in [0.05, 0.1) is 20.9 Å². The molecule has 172 valence electrons. The van der Waals surface area contributed by atoms with Gasteiger partial charge in [0, 0.05) is 13.1 Å². The molecule has 0 saturated carbocycles. The third-order valence-corrected chi connectivity index (χ3v) is 7.60. The van der Waals surface area contributed by atoms with Gasteiger partial charge in [-0.3, -0.25) is 14.2 Å². The molecule has 0 aliphatic carbocycles. The molecular formula is C23H21Cl2N3O4S. The Labute approximate surface area is 204 Å². The third kappa shape index (κ3) is 4.60. The second-order valence-corrected chi connectivity index (χ2v) is 9.55. The van der Waals surface area contributed by atoms with Gasteiger partial charge in [-0.15, -0.1) is 0 Å². The number of carboxylic acid groups (broad SMARTS) is 1. The lowest BCUT2D eigenvalue weighted by Crippen LogP contribution is -2.42. The van der Waals surface area contributed by atoms with Crippen LogP contribution in [-0.4, -0.2) is 44.0 Å². The number of aliphatic carboxylic acids is 1. The van der Waals surface area contributed by atoms with E-state index in [1.165, 1.54) is 21.6 Å². The lowest BCUT2D eigenvalue weighted by atomic mass is 10.1. The number of nitrogens with zero attached hydrogens (tertiary/aromatic N) is 3. The topological polar surface area (TPSA) is 92.5 Å². The zero-order valence-corrected chi connectivity index (χ0v) is 20.0. The maximum Gasteiger partial charge on any atom is 0.326 e. The number of thioether (sulfide) groups is 1. The van der Waals surface area contributed by atoms with E-state index in [1.54, 1.807) is 0 Å². The number of carbonyl (C=O) groups excluding carboxylic acids is 1. The largest absolute Gasteiger partial charge is 0.480 e. The van der Waals surface area contributed by atoms with Crippen LogP contribution in [-0.2, 0) is 16.1 Å². The van der Waals surface area contributed by atoms with Gasteiger partial charge in [-0.25, -0.2) is 9.78 Å². The van der Waals surface area contributed by atoms with Crippen molar-refractivity contribution >= 4 is 57.7 Å². The van der Waals surface area contributed by atoms with Crippen molar-refractivity contribution in [2.75, 3.05) is 6.54 Å².